The SMILES string of the molecule is COC(=O)CCCCCC(CN)c1ccccc1. The molecule has 1 unspecified atom stereocenters. The van der Waals surface area contributed by atoms with Gasteiger partial charge in [0.15, 0.2) is 0 Å². The summed E-state index contributed by atoms with van der Waals surface area (Å²) in [6, 6.07) is 10.4. The third-order valence-electron chi connectivity index (χ3n) is 3.22. The van der Waals surface area contributed by atoms with E-state index in [9.17, 15) is 4.79 Å². The van der Waals surface area contributed by atoms with Gasteiger partial charge in [-0.25, -0.2) is 0 Å². The zero-order chi connectivity index (χ0) is 13.2. The molecule has 3 heteroatoms. The quantitative estimate of drug-likeness (QED) is 0.569. The van der Waals surface area contributed by atoms with Crippen LogP contribution in [0.2, 0.25) is 0 Å². The highest BCUT2D eigenvalue weighted by atomic mass is 16.5. The van der Waals surface area contributed by atoms with Gasteiger partial charge in [0.25, 0.3) is 0 Å². The largest absolute Gasteiger partial charge is 0.469 e. The van der Waals surface area contributed by atoms with Crippen LogP contribution in [-0.4, -0.2) is 19.6 Å². The molecule has 0 saturated heterocycles. The molecule has 18 heavy (non-hydrogen) atoms. The molecule has 0 aliphatic carbocycles. The summed E-state index contributed by atoms with van der Waals surface area (Å²) in [4.78, 5) is 10.9. The van der Waals surface area contributed by atoms with Crippen molar-refractivity contribution >= 4 is 5.97 Å². The Labute approximate surface area is 109 Å². The highest BCUT2D eigenvalue weighted by molar-refractivity contribution is 5.68. The summed E-state index contributed by atoms with van der Waals surface area (Å²) in [6.45, 7) is 0.682. The number of rotatable bonds is 8. The first-order chi connectivity index (χ1) is 8.77. The van der Waals surface area contributed by atoms with Crippen LogP contribution in [0.15, 0.2) is 30.3 Å². The van der Waals surface area contributed by atoms with Crippen LogP contribution < -0.4 is 5.73 Å². The molecule has 0 aliphatic heterocycles. The van der Waals surface area contributed by atoms with Crippen LogP contribution in [0.3, 0.4) is 0 Å². The number of hydrogen-bond acceptors (Lipinski definition) is 3. The number of esters is 1. The minimum absolute atomic E-state index is 0.117. The van der Waals surface area contributed by atoms with Gasteiger partial charge in [0.05, 0.1) is 7.11 Å². The maximum Gasteiger partial charge on any atom is 0.305 e. The van der Waals surface area contributed by atoms with Gasteiger partial charge >= 0.3 is 5.97 Å². The summed E-state index contributed by atoms with van der Waals surface area (Å²) in [6.07, 6.45) is 4.67. The van der Waals surface area contributed by atoms with Gasteiger partial charge in [0, 0.05) is 6.42 Å². The number of benzene rings is 1. The van der Waals surface area contributed by atoms with E-state index >= 15 is 0 Å². The van der Waals surface area contributed by atoms with Crippen molar-refractivity contribution in [1.82, 2.24) is 0 Å². The number of carbonyl (C=O) groups is 1. The second-order valence-corrected chi connectivity index (χ2v) is 4.52. The van der Waals surface area contributed by atoms with Crippen molar-refractivity contribution in [2.45, 2.75) is 38.0 Å². The van der Waals surface area contributed by atoms with Gasteiger partial charge in [-0.15, -0.1) is 0 Å². The van der Waals surface area contributed by atoms with E-state index in [-0.39, 0.29) is 5.97 Å². The zero-order valence-electron chi connectivity index (χ0n) is 11.1. The molecule has 1 aromatic rings. The molecule has 0 fully saturated rings. The minimum Gasteiger partial charge on any atom is -0.469 e. The smallest absolute Gasteiger partial charge is 0.305 e. The molecule has 3 nitrogen and oxygen atoms in total. The Hall–Kier alpha value is -1.35. The van der Waals surface area contributed by atoms with Gasteiger partial charge < -0.3 is 10.5 Å². The zero-order valence-corrected chi connectivity index (χ0v) is 11.1. The number of carbonyl (C=O) groups excluding carboxylic acids is 1. The predicted octanol–water partition coefficient (Wildman–Crippen LogP) is 2.85. The van der Waals surface area contributed by atoms with E-state index in [1.165, 1.54) is 12.7 Å². The third-order valence-corrected chi connectivity index (χ3v) is 3.22. The first kappa shape index (κ1) is 14.7. The summed E-state index contributed by atoms with van der Waals surface area (Å²) in [5, 5.41) is 0. The number of ether oxygens (including phenoxy) is 1. The topological polar surface area (TPSA) is 52.3 Å². The van der Waals surface area contributed by atoms with E-state index in [0.717, 1.165) is 25.7 Å². The predicted molar refractivity (Wildman–Crippen MR) is 73.3 cm³/mol. The molecule has 1 aromatic carbocycles. The summed E-state index contributed by atoms with van der Waals surface area (Å²) in [5.41, 5.74) is 7.13. The van der Waals surface area contributed by atoms with Crippen LogP contribution in [0, 0.1) is 0 Å². The lowest BCUT2D eigenvalue weighted by Gasteiger charge is -2.14. The lowest BCUT2D eigenvalue weighted by atomic mass is 9.93. The van der Waals surface area contributed by atoms with E-state index in [1.54, 1.807) is 0 Å². The second-order valence-electron chi connectivity index (χ2n) is 4.52. The van der Waals surface area contributed by atoms with Crippen molar-refractivity contribution < 1.29 is 9.53 Å². The molecular formula is C15H23NO2. The van der Waals surface area contributed by atoms with Crippen LogP contribution in [0.25, 0.3) is 0 Å². The van der Waals surface area contributed by atoms with E-state index in [1.807, 2.05) is 6.07 Å². The average Bonchev–Trinajstić information content (AvgIpc) is 2.43. The van der Waals surface area contributed by atoms with E-state index < -0.39 is 0 Å². The Morgan fingerprint density at radius 3 is 2.56 bits per heavy atom. The monoisotopic (exact) mass is 249 g/mol. The van der Waals surface area contributed by atoms with Gasteiger partial charge in [-0.2, -0.15) is 0 Å². The Kier molecular flexibility index (Phi) is 7.11. The molecule has 0 aromatic heterocycles. The molecule has 0 aliphatic rings. The van der Waals surface area contributed by atoms with Gasteiger partial charge in [-0.1, -0.05) is 43.2 Å². The molecular weight excluding hydrogens is 226 g/mol. The maximum absolute atomic E-state index is 10.9. The lowest BCUT2D eigenvalue weighted by Crippen LogP contribution is -2.12. The van der Waals surface area contributed by atoms with Crippen molar-refractivity contribution in [1.29, 1.82) is 0 Å². The molecule has 1 rings (SSSR count). The van der Waals surface area contributed by atoms with Gasteiger partial charge in [-0.05, 0) is 30.9 Å². The fourth-order valence-corrected chi connectivity index (χ4v) is 2.08. The number of nitrogens with two attached hydrogens (primary N) is 1. The summed E-state index contributed by atoms with van der Waals surface area (Å²) >= 11 is 0. The summed E-state index contributed by atoms with van der Waals surface area (Å²) in [7, 11) is 1.43. The van der Waals surface area contributed by atoms with Gasteiger partial charge in [-0.3, -0.25) is 4.79 Å². The van der Waals surface area contributed by atoms with Gasteiger partial charge in [0.2, 0.25) is 0 Å². The Balaban J connectivity index is 2.23. The van der Waals surface area contributed by atoms with E-state index in [2.05, 4.69) is 29.0 Å². The van der Waals surface area contributed by atoms with E-state index in [4.69, 9.17) is 5.73 Å². The molecule has 0 heterocycles. The first-order valence-electron chi connectivity index (χ1n) is 6.59. The standard InChI is InChI=1S/C15H23NO2/c1-18-15(17)11-7-3-6-10-14(12-16)13-8-4-2-5-9-13/h2,4-5,8-9,14H,3,6-7,10-12,16H2,1H3. The van der Waals surface area contributed by atoms with Crippen molar-refractivity contribution in [3.8, 4) is 0 Å². The highest BCUT2D eigenvalue weighted by Crippen LogP contribution is 2.21. The van der Waals surface area contributed by atoms with Crippen LogP contribution in [0.1, 0.15) is 43.6 Å². The van der Waals surface area contributed by atoms with Crippen LogP contribution in [-0.2, 0) is 9.53 Å². The second kappa shape index (κ2) is 8.70. The normalized spacial score (nSPS) is 12.1. The Morgan fingerprint density at radius 2 is 1.94 bits per heavy atom. The van der Waals surface area contributed by atoms with Crippen molar-refractivity contribution in [3.63, 3.8) is 0 Å². The first-order valence-corrected chi connectivity index (χ1v) is 6.59. The van der Waals surface area contributed by atoms with Crippen molar-refractivity contribution in [3.05, 3.63) is 35.9 Å². The molecule has 0 saturated carbocycles. The van der Waals surface area contributed by atoms with Crippen LogP contribution in [0.5, 0.6) is 0 Å². The molecule has 0 bridgehead atoms. The fourth-order valence-electron chi connectivity index (χ4n) is 2.08. The summed E-state index contributed by atoms with van der Waals surface area (Å²) < 4.78 is 4.61. The summed E-state index contributed by atoms with van der Waals surface area (Å²) in [5.74, 6) is 0.317. The molecule has 100 valence electrons. The molecule has 2 N–H and O–H groups in total. The van der Waals surface area contributed by atoms with E-state index in [0.29, 0.717) is 18.9 Å². The number of methoxy groups -OCH3 is 1. The van der Waals surface area contributed by atoms with Crippen LogP contribution in [0.4, 0.5) is 0 Å². The molecule has 0 spiro atoms. The Bertz CT molecular complexity index is 338. The average molecular weight is 249 g/mol. The molecule has 1 atom stereocenters. The Morgan fingerprint density at radius 1 is 1.22 bits per heavy atom. The third kappa shape index (κ3) is 5.32. The number of hydrogen-bond donors (Lipinski definition) is 1. The van der Waals surface area contributed by atoms with Crippen LogP contribution >= 0.6 is 0 Å². The lowest BCUT2D eigenvalue weighted by molar-refractivity contribution is -0.140. The number of unbranched alkanes of at least 4 members (excludes halogenated alkanes) is 2. The molecule has 0 radical (unpaired) electrons. The highest BCUT2D eigenvalue weighted by Gasteiger charge is 2.08. The maximum atomic E-state index is 10.9. The minimum atomic E-state index is -0.117. The van der Waals surface area contributed by atoms with Crippen molar-refractivity contribution in [2.24, 2.45) is 5.73 Å². The molecule has 0 amide bonds. The van der Waals surface area contributed by atoms with Gasteiger partial charge in [0.1, 0.15) is 0 Å². The van der Waals surface area contributed by atoms with Crippen molar-refractivity contribution in [2.75, 3.05) is 13.7 Å². The fraction of sp³-hybridized carbons (Fsp3) is 0.533.